The number of aromatic amines is 1. The highest BCUT2D eigenvalue weighted by Crippen LogP contribution is 2.21. The molecule has 0 atom stereocenters. The minimum Gasteiger partial charge on any atom is -0.280 e. The molecule has 8 heteroatoms. The number of hydrogen-bond donors (Lipinski definition) is 2. The van der Waals surface area contributed by atoms with Crippen LogP contribution in [0.15, 0.2) is 59.5 Å². The van der Waals surface area contributed by atoms with Gasteiger partial charge in [0.1, 0.15) is 0 Å². The fourth-order valence-electron chi connectivity index (χ4n) is 1.83. The van der Waals surface area contributed by atoms with Crippen LogP contribution in [0, 0.1) is 0 Å². The summed E-state index contributed by atoms with van der Waals surface area (Å²) < 4.78 is 27.0. The molecule has 7 nitrogen and oxygen atoms in total. The third-order valence-corrected chi connectivity index (χ3v) is 4.18. The Hall–Kier alpha value is -2.74. The van der Waals surface area contributed by atoms with E-state index in [0.717, 1.165) is 0 Å². The fourth-order valence-corrected chi connectivity index (χ4v) is 2.90. The van der Waals surface area contributed by atoms with Crippen molar-refractivity contribution >= 4 is 15.7 Å². The van der Waals surface area contributed by atoms with Crippen molar-refractivity contribution < 1.29 is 8.42 Å². The number of tetrazole rings is 1. The highest BCUT2D eigenvalue weighted by Gasteiger charge is 2.14. The SMILES string of the molecule is O=S(=O)(Nc1cccc(-c2nnn[nH]2)c1)c1ccccc1. The molecule has 2 N–H and O–H groups in total. The topological polar surface area (TPSA) is 101 Å². The Kier molecular flexibility index (Phi) is 3.36. The molecule has 3 rings (SSSR count). The molecular weight excluding hydrogens is 290 g/mol. The molecule has 106 valence electrons. The Morgan fingerprint density at radius 2 is 1.81 bits per heavy atom. The Morgan fingerprint density at radius 1 is 1.00 bits per heavy atom. The van der Waals surface area contributed by atoms with Crippen LogP contribution in [-0.2, 0) is 10.0 Å². The molecule has 2 aromatic carbocycles. The third kappa shape index (κ3) is 2.90. The average molecular weight is 301 g/mol. The molecule has 0 amide bonds. The Morgan fingerprint density at radius 3 is 2.52 bits per heavy atom. The van der Waals surface area contributed by atoms with E-state index >= 15 is 0 Å². The van der Waals surface area contributed by atoms with Gasteiger partial charge < -0.3 is 0 Å². The van der Waals surface area contributed by atoms with Crippen molar-refractivity contribution in [3.05, 3.63) is 54.6 Å². The lowest BCUT2D eigenvalue weighted by molar-refractivity contribution is 0.601. The standard InChI is InChI=1S/C13H11N5O2S/c19-21(20,12-7-2-1-3-8-12)16-11-6-4-5-10(9-11)13-14-17-18-15-13/h1-9,16H,(H,14,15,17,18). The molecule has 0 aliphatic rings. The minimum atomic E-state index is -3.61. The maximum atomic E-state index is 12.2. The number of hydrogen-bond acceptors (Lipinski definition) is 5. The largest absolute Gasteiger partial charge is 0.280 e. The molecule has 1 aromatic heterocycles. The molecule has 3 aromatic rings. The molecule has 0 aliphatic carbocycles. The quantitative estimate of drug-likeness (QED) is 0.763. The lowest BCUT2D eigenvalue weighted by atomic mass is 10.2. The normalized spacial score (nSPS) is 11.2. The van der Waals surface area contributed by atoms with Crippen molar-refractivity contribution in [1.82, 2.24) is 20.6 Å². The van der Waals surface area contributed by atoms with Gasteiger partial charge in [0, 0.05) is 11.3 Å². The van der Waals surface area contributed by atoms with Crippen molar-refractivity contribution in [2.75, 3.05) is 4.72 Å². The van der Waals surface area contributed by atoms with Crippen LogP contribution in [-0.4, -0.2) is 29.0 Å². The Bertz CT molecular complexity index is 832. The van der Waals surface area contributed by atoms with Gasteiger partial charge in [-0.1, -0.05) is 30.3 Å². The van der Waals surface area contributed by atoms with Gasteiger partial charge in [-0.05, 0) is 34.7 Å². The maximum absolute atomic E-state index is 12.2. The van der Waals surface area contributed by atoms with Gasteiger partial charge in [-0.15, -0.1) is 5.10 Å². The smallest absolute Gasteiger partial charge is 0.261 e. The zero-order chi connectivity index (χ0) is 14.7. The van der Waals surface area contributed by atoms with Gasteiger partial charge in [-0.25, -0.2) is 13.5 Å². The number of aromatic nitrogens is 4. The second-order valence-electron chi connectivity index (χ2n) is 4.25. The van der Waals surface area contributed by atoms with E-state index in [2.05, 4.69) is 25.3 Å². The van der Waals surface area contributed by atoms with Crippen molar-refractivity contribution in [2.45, 2.75) is 4.90 Å². The highest BCUT2D eigenvalue weighted by atomic mass is 32.2. The van der Waals surface area contributed by atoms with Crippen LogP contribution in [0.5, 0.6) is 0 Å². The fraction of sp³-hybridized carbons (Fsp3) is 0. The van der Waals surface area contributed by atoms with Gasteiger partial charge in [0.15, 0.2) is 5.82 Å². The number of sulfonamides is 1. The summed E-state index contributed by atoms with van der Waals surface area (Å²) in [6.45, 7) is 0. The predicted octanol–water partition coefficient (Wildman–Crippen LogP) is 1.67. The number of benzene rings is 2. The summed E-state index contributed by atoms with van der Waals surface area (Å²) in [4.78, 5) is 0.205. The van der Waals surface area contributed by atoms with Crippen molar-refractivity contribution in [3.8, 4) is 11.4 Å². The number of nitrogens with one attached hydrogen (secondary N) is 2. The van der Waals surface area contributed by atoms with Crippen LogP contribution in [0.1, 0.15) is 0 Å². The molecular formula is C13H11N5O2S. The molecule has 0 radical (unpaired) electrons. The van der Waals surface area contributed by atoms with Crippen molar-refractivity contribution in [3.63, 3.8) is 0 Å². The van der Waals surface area contributed by atoms with E-state index in [9.17, 15) is 8.42 Å². The van der Waals surface area contributed by atoms with E-state index in [1.807, 2.05) is 0 Å². The molecule has 0 unspecified atom stereocenters. The van der Waals surface area contributed by atoms with Gasteiger partial charge >= 0.3 is 0 Å². The summed E-state index contributed by atoms with van der Waals surface area (Å²) >= 11 is 0. The molecule has 0 aliphatic heterocycles. The number of rotatable bonds is 4. The second kappa shape index (κ2) is 5.33. The monoisotopic (exact) mass is 301 g/mol. The third-order valence-electron chi connectivity index (χ3n) is 2.79. The van der Waals surface area contributed by atoms with Gasteiger partial charge in [-0.2, -0.15) is 0 Å². The first-order valence-corrected chi connectivity index (χ1v) is 7.55. The number of H-pyrrole nitrogens is 1. The zero-order valence-corrected chi connectivity index (χ0v) is 11.6. The summed E-state index contributed by atoms with van der Waals surface area (Å²) in [7, 11) is -3.61. The van der Waals surface area contributed by atoms with E-state index in [1.165, 1.54) is 12.1 Å². The first-order chi connectivity index (χ1) is 10.1. The molecule has 0 fully saturated rings. The van der Waals surface area contributed by atoms with Gasteiger partial charge in [0.25, 0.3) is 10.0 Å². The minimum absolute atomic E-state index is 0.205. The lowest BCUT2D eigenvalue weighted by Crippen LogP contribution is -2.12. The second-order valence-corrected chi connectivity index (χ2v) is 5.93. The molecule has 0 saturated carbocycles. The van der Waals surface area contributed by atoms with Crippen LogP contribution in [0.4, 0.5) is 5.69 Å². The summed E-state index contributed by atoms with van der Waals surface area (Å²) in [6.07, 6.45) is 0. The summed E-state index contributed by atoms with van der Waals surface area (Å²) in [5.74, 6) is 0.468. The van der Waals surface area contributed by atoms with E-state index in [1.54, 1.807) is 42.5 Å². The predicted molar refractivity (Wildman–Crippen MR) is 76.9 cm³/mol. The van der Waals surface area contributed by atoms with E-state index in [4.69, 9.17) is 0 Å². The van der Waals surface area contributed by atoms with Crippen LogP contribution >= 0.6 is 0 Å². The Labute approximate surface area is 121 Å². The van der Waals surface area contributed by atoms with Gasteiger partial charge in [0.2, 0.25) is 0 Å². The Balaban J connectivity index is 1.91. The van der Waals surface area contributed by atoms with Crippen LogP contribution < -0.4 is 4.72 Å². The first kappa shape index (κ1) is 13.3. The maximum Gasteiger partial charge on any atom is 0.261 e. The molecule has 21 heavy (non-hydrogen) atoms. The average Bonchev–Trinajstić information content (AvgIpc) is 3.02. The zero-order valence-electron chi connectivity index (χ0n) is 10.8. The van der Waals surface area contributed by atoms with Crippen molar-refractivity contribution in [2.24, 2.45) is 0 Å². The van der Waals surface area contributed by atoms with Crippen LogP contribution in [0.25, 0.3) is 11.4 Å². The highest BCUT2D eigenvalue weighted by molar-refractivity contribution is 7.92. The molecule has 0 spiro atoms. The molecule has 1 heterocycles. The van der Waals surface area contributed by atoms with Crippen LogP contribution in [0.3, 0.4) is 0 Å². The number of anilines is 1. The van der Waals surface area contributed by atoms with Crippen LogP contribution in [0.2, 0.25) is 0 Å². The van der Waals surface area contributed by atoms with Gasteiger partial charge in [0.05, 0.1) is 4.90 Å². The molecule has 0 saturated heterocycles. The lowest BCUT2D eigenvalue weighted by Gasteiger charge is -2.08. The summed E-state index contributed by atoms with van der Waals surface area (Å²) in [5, 5.41) is 13.4. The first-order valence-electron chi connectivity index (χ1n) is 6.07. The number of nitrogens with zero attached hydrogens (tertiary/aromatic N) is 3. The summed E-state index contributed by atoms with van der Waals surface area (Å²) in [5.41, 5.74) is 1.13. The van der Waals surface area contributed by atoms with E-state index < -0.39 is 10.0 Å². The van der Waals surface area contributed by atoms with E-state index in [-0.39, 0.29) is 4.90 Å². The summed E-state index contributed by atoms with van der Waals surface area (Å²) in [6, 6.07) is 15.0. The van der Waals surface area contributed by atoms with E-state index in [0.29, 0.717) is 17.1 Å². The molecule has 0 bridgehead atoms. The van der Waals surface area contributed by atoms with Gasteiger partial charge in [-0.3, -0.25) is 4.72 Å². The van der Waals surface area contributed by atoms with Crippen molar-refractivity contribution in [1.29, 1.82) is 0 Å².